The third-order valence-electron chi connectivity index (χ3n) is 6.92. The van der Waals surface area contributed by atoms with Gasteiger partial charge in [-0.05, 0) is 50.1 Å². The zero-order chi connectivity index (χ0) is 22.0. The lowest BCUT2D eigenvalue weighted by Gasteiger charge is -2.43. The van der Waals surface area contributed by atoms with E-state index in [1.165, 1.54) is 22.5 Å². The quantitative estimate of drug-likeness (QED) is 0.753. The Hall–Kier alpha value is -2.53. The highest BCUT2D eigenvalue weighted by Gasteiger charge is 2.27. The van der Waals surface area contributed by atoms with Crippen molar-refractivity contribution in [3.05, 3.63) is 59.7 Å². The number of carbonyl (C=O) groups excluding carboxylic acids is 1. The monoisotopic (exact) mass is 420 g/mol. The van der Waals surface area contributed by atoms with Crippen LogP contribution in [0.3, 0.4) is 0 Å². The number of piperazine rings is 2. The van der Waals surface area contributed by atoms with Crippen molar-refractivity contribution in [1.82, 2.24) is 9.80 Å². The lowest BCUT2D eigenvalue weighted by Crippen LogP contribution is -2.53. The van der Waals surface area contributed by atoms with Crippen LogP contribution in [0.25, 0.3) is 0 Å². The first-order valence-electron chi connectivity index (χ1n) is 11.6. The molecule has 0 aliphatic carbocycles. The Balaban J connectivity index is 1.40. The Morgan fingerprint density at radius 3 is 2.35 bits per heavy atom. The summed E-state index contributed by atoms with van der Waals surface area (Å²) in [5.74, 6) is 0.179. The number of hydrogen-bond donors (Lipinski definition) is 0. The normalized spacial score (nSPS) is 22.6. The molecule has 2 aliphatic rings. The Labute approximate surface area is 187 Å². The summed E-state index contributed by atoms with van der Waals surface area (Å²) < 4.78 is 0. The predicted octanol–water partition coefficient (Wildman–Crippen LogP) is 3.76. The van der Waals surface area contributed by atoms with Gasteiger partial charge in [0.05, 0.1) is 0 Å². The van der Waals surface area contributed by atoms with Gasteiger partial charge in [0.15, 0.2) is 0 Å². The summed E-state index contributed by atoms with van der Waals surface area (Å²) in [6.45, 7) is 15.2. The molecule has 166 valence electrons. The Bertz CT molecular complexity index is 900. The van der Waals surface area contributed by atoms with Crippen LogP contribution in [0.2, 0.25) is 0 Å². The molecule has 5 nitrogen and oxygen atoms in total. The van der Waals surface area contributed by atoms with E-state index >= 15 is 0 Å². The molecule has 0 bridgehead atoms. The molecule has 0 radical (unpaired) electrons. The zero-order valence-electron chi connectivity index (χ0n) is 19.4. The fourth-order valence-electron chi connectivity index (χ4n) is 5.07. The SMILES string of the molecule is CC(=O)N1CCN(c2ccc(N3CCN(Cc4ccccc4)[C@H](C)C3)c(C)c2)[C@@H](C)C1. The summed E-state index contributed by atoms with van der Waals surface area (Å²) in [6.07, 6.45) is 0. The van der Waals surface area contributed by atoms with Gasteiger partial charge in [0.1, 0.15) is 0 Å². The van der Waals surface area contributed by atoms with Crippen LogP contribution in [0.1, 0.15) is 31.9 Å². The summed E-state index contributed by atoms with van der Waals surface area (Å²) in [5.41, 5.74) is 5.35. The second-order valence-electron chi connectivity index (χ2n) is 9.23. The number of aryl methyl sites for hydroxylation is 1. The van der Waals surface area contributed by atoms with Crippen LogP contribution in [-0.2, 0) is 11.3 Å². The van der Waals surface area contributed by atoms with Crippen molar-refractivity contribution in [3.8, 4) is 0 Å². The molecule has 1 amide bonds. The van der Waals surface area contributed by atoms with Gasteiger partial charge in [0.25, 0.3) is 0 Å². The molecule has 5 heteroatoms. The first-order chi connectivity index (χ1) is 14.9. The Kier molecular flexibility index (Phi) is 6.51. The number of nitrogens with zero attached hydrogens (tertiary/aromatic N) is 4. The number of hydrogen-bond acceptors (Lipinski definition) is 4. The maximum Gasteiger partial charge on any atom is 0.219 e. The molecule has 0 unspecified atom stereocenters. The van der Waals surface area contributed by atoms with E-state index in [0.717, 1.165) is 45.8 Å². The van der Waals surface area contributed by atoms with Crippen molar-refractivity contribution in [3.63, 3.8) is 0 Å². The van der Waals surface area contributed by atoms with E-state index in [4.69, 9.17) is 0 Å². The molecule has 2 saturated heterocycles. The lowest BCUT2D eigenvalue weighted by molar-refractivity contribution is -0.129. The highest BCUT2D eigenvalue weighted by atomic mass is 16.2. The van der Waals surface area contributed by atoms with Crippen molar-refractivity contribution >= 4 is 17.3 Å². The van der Waals surface area contributed by atoms with E-state index < -0.39 is 0 Å². The maximum absolute atomic E-state index is 11.7. The molecular weight excluding hydrogens is 384 g/mol. The fourth-order valence-corrected chi connectivity index (χ4v) is 5.07. The van der Waals surface area contributed by atoms with Gasteiger partial charge in [-0.2, -0.15) is 0 Å². The molecule has 2 heterocycles. The van der Waals surface area contributed by atoms with Crippen LogP contribution in [0.4, 0.5) is 11.4 Å². The van der Waals surface area contributed by atoms with Gasteiger partial charge < -0.3 is 14.7 Å². The molecule has 0 saturated carbocycles. The highest BCUT2D eigenvalue weighted by Crippen LogP contribution is 2.29. The van der Waals surface area contributed by atoms with E-state index in [9.17, 15) is 4.79 Å². The smallest absolute Gasteiger partial charge is 0.219 e. The topological polar surface area (TPSA) is 30.0 Å². The number of benzene rings is 2. The van der Waals surface area contributed by atoms with E-state index in [-0.39, 0.29) is 5.91 Å². The van der Waals surface area contributed by atoms with Gasteiger partial charge in [-0.3, -0.25) is 9.69 Å². The molecule has 2 aliphatic heterocycles. The predicted molar refractivity (Wildman–Crippen MR) is 129 cm³/mol. The number of anilines is 2. The minimum Gasteiger partial charge on any atom is -0.368 e. The Morgan fingerprint density at radius 1 is 0.935 bits per heavy atom. The summed E-state index contributed by atoms with van der Waals surface area (Å²) in [7, 11) is 0. The average molecular weight is 421 g/mol. The zero-order valence-corrected chi connectivity index (χ0v) is 19.4. The molecule has 0 N–H and O–H groups in total. The molecule has 4 rings (SSSR count). The van der Waals surface area contributed by atoms with Crippen molar-refractivity contribution in [2.24, 2.45) is 0 Å². The average Bonchev–Trinajstić information content (AvgIpc) is 2.76. The van der Waals surface area contributed by atoms with Gasteiger partial charge in [-0.15, -0.1) is 0 Å². The van der Waals surface area contributed by atoms with Crippen LogP contribution < -0.4 is 9.80 Å². The van der Waals surface area contributed by atoms with Crippen molar-refractivity contribution < 1.29 is 4.79 Å². The number of carbonyl (C=O) groups is 1. The van der Waals surface area contributed by atoms with Gasteiger partial charge in [-0.25, -0.2) is 0 Å². The van der Waals surface area contributed by atoms with Gasteiger partial charge in [-0.1, -0.05) is 30.3 Å². The minimum absolute atomic E-state index is 0.179. The first-order valence-corrected chi connectivity index (χ1v) is 11.6. The summed E-state index contributed by atoms with van der Waals surface area (Å²) in [5, 5.41) is 0. The first kappa shape index (κ1) is 21.7. The van der Waals surface area contributed by atoms with Crippen LogP contribution >= 0.6 is 0 Å². The Morgan fingerprint density at radius 2 is 1.71 bits per heavy atom. The van der Waals surface area contributed by atoms with E-state index in [0.29, 0.717) is 12.1 Å². The molecule has 2 fully saturated rings. The largest absolute Gasteiger partial charge is 0.368 e. The molecule has 31 heavy (non-hydrogen) atoms. The molecule has 2 aromatic rings. The second-order valence-corrected chi connectivity index (χ2v) is 9.23. The van der Waals surface area contributed by atoms with E-state index in [1.807, 2.05) is 4.90 Å². The van der Waals surface area contributed by atoms with E-state index in [2.05, 4.69) is 84.0 Å². The molecule has 0 aromatic heterocycles. The van der Waals surface area contributed by atoms with Gasteiger partial charge in [0.2, 0.25) is 5.91 Å². The minimum atomic E-state index is 0.179. The van der Waals surface area contributed by atoms with Crippen molar-refractivity contribution in [2.45, 2.75) is 46.3 Å². The third kappa shape index (κ3) is 4.87. The molecule has 2 aromatic carbocycles. The molecular formula is C26H36N4O. The van der Waals surface area contributed by atoms with Crippen LogP contribution in [0, 0.1) is 6.92 Å². The van der Waals surface area contributed by atoms with Crippen LogP contribution in [-0.4, -0.2) is 67.1 Å². The standard InChI is InChI=1S/C26H36N4O/c1-20-16-25(30-15-14-28(23(4)31)18-22(30)3)10-11-26(20)29-13-12-27(21(2)17-29)19-24-8-6-5-7-9-24/h5-11,16,21-22H,12-15,17-19H2,1-4H3/t21-,22+/m1/s1. The molecule has 0 spiro atoms. The van der Waals surface area contributed by atoms with Crippen LogP contribution in [0.5, 0.6) is 0 Å². The number of amides is 1. The van der Waals surface area contributed by atoms with Gasteiger partial charge in [0, 0.05) is 76.2 Å². The summed E-state index contributed by atoms with van der Waals surface area (Å²) in [6, 6.07) is 18.5. The highest BCUT2D eigenvalue weighted by molar-refractivity contribution is 5.74. The third-order valence-corrected chi connectivity index (χ3v) is 6.92. The summed E-state index contributed by atoms with van der Waals surface area (Å²) >= 11 is 0. The maximum atomic E-state index is 11.7. The van der Waals surface area contributed by atoms with Crippen molar-refractivity contribution in [2.75, 3.05) is 49.1 Å². The molecule has 2 atom stereocenters. The van der Waals surface area contributed by atoms with E-state index in [1.54, 1.807) is 6.92 Å². The lowest BCUT2D eigenvalue weighted by atomic mass is 10.1. The number of rotatable bonds is 4. The second kappa shape index (κ2) is 9.31. The van der Waals surface area contributed by atoms with Crippen LogP contribution in [0.15, 0.2) is 48.5 Å². The van der Waals surface area contributed by atoms with Gasteiger partial charge >= 0.3 is 0 Å². The fraction of sp³-hybridized carbons (Fsp3) is 0.500. The van der Waals surface area contributed by atoms with Crippen molar-refractivity contribution in [1.29, 1.82) is 0 Å². The summed E-state index contributed by atoms with van der Waals surface area (Å²) in [4.78, 5) is 21.2.